The summed E-state index contributed by atoms with van der Waals surface area (Å²) in [7, 11) is 0. The zero-order chi connectivity index (χ0) is 19.3. The predicted octanol–water partition coefficient (Wildman–Crippen LogP) is 0.00240. The predicted molar refractivity (Wildman–Crippen MR) is 104 cm³/mol. The van der Waals surface area contributed by atoms with Gasteiger partial charge in [-0.25, -0.2) is 0 Å². The van der Waals surface area contributed by atoms with Crippen LogP contribution in [-0.4, -0.2) is 68.2 Å². The number of para-hydroxylation sites is 2. The molecule has 1 saturated carbocycles. The number of nitrogens with one attached hydrogen (secondary N) is 2. The van der Waals surface area contributed by atoms with Crippen LogP contribution >= 0.6 is 0 Å². The summed E-state index contributed by atoms with van der Waals surface area (Å²) in [6.07, 6.45) is 5.35. The first-order chi connectivity index (χ1) is 13.7. The van der Waals surface area contributed by atoms with Gasteiger partial charge in [0.2, 0.25) is 6.10 Å². The van der Waals surface area contributed by atoms with Gasteiger partial charge >= 0.3 is 0 Å². The van der Waals surface area contributed by atoms with Crippen LogP contribution in [-0.2, 0) is 9.59 Å². The Hall–Kier alpha value is -2.28. The number of hydrogen-bond donors (Lipinski definition) is 2. The van der Waals surface area contributed by atoms with Crippen LogP contribution in [0, 0.1) is 0 Å². The number of amides is 2. The van der Waals surface area contributed by atoms with Gasteiger partial charge in [-0.1, -0.05) is 31.4 Å². The molecule has 28 heavy (non-hydrogen) atoms. The molecular weight excluding hydrogens is 358 g/mol. The van der Waals surface area contributed by atoms with E-state index in [0.717, 1.165) is 25.9 Å². The molecule has 0 unspecified atom stereocenters. The van der Waals surface area contributed by atoms with Crippen molar-refractivity contribution in [2.45, 2.75) is 44.2 Å². The third kappa shape index (κ3) is 4.58. The molecule has 1 aromatic rings. The molecule has 2 fully saturated rings. The lowest BCUT2D eigenvalue weighted by molar-refractivity contribution is -0.896. The van der Waals surface area contributed by atoms with Crippen molar-refractivity contribution in [3.63, 3.8) is 0 Å². The molecule has 4 rings (SSSR count). The minimum absolute atomic E-state index is 0.0276. The molecule has 2 heterocycles. The van der Waals surface area contributed by atoms with Crippen molar-refractivity contribution in [2.75, 3.05) is 39.3 Å². The van der Waals surface area contributed by atoms with E-state index < -0.39 is 6.10 Å². The van der Waals surface area contributed by atoms with Crippen LogP contribution in [0.15, 0.2) is 24.3 Å². The molecule has 2 amide bonds. The fourth-order valence-electron chi connectivity index (χ4n) is 4.32. The number of quaternary nitrogens is 1. The number of benzene rings is 1. The Labute approximate surface area is 166 Å². The summed E-state index contributed by atoms with van der Waals surface area (Å²) >= 11 is 0. The minimum Gasteiger partial charge on any atom is -0.485 e. The average molecular weight is 388 g/mol. The Morgan fingerprint density at radius 2 is 1.79 bits per heavy atom. The van der Waals surface area contributed by atoms with Crippen LogP contribution in [0.5, 0.6) is 11.5 Å². The second-order valence-corrected chi connectivity index (χ2v) is 8.02. The van der Waals surface area contributed by atoms with Crippen LogP contribution < -0.4 is 19.7 Å². The van der Waals surface area contributed by atoms with E-state index in [1.807, 2.05) is 29.2 Å². The summed E-state index contributed by atoms with van der Waals surface area (Å²) in [5, 5.41) is 3.18. The van der Waals surface area contributed by atoms with Crippen LogP contribution in [0.3, 0.4) is 0 Å². The molecule has 7 heteroatoms. The van der Waals surface area contributed by atoms with Gasteiger partial charge in [-0.2, -0.15) is 0 Å². The van der Waals surface area contributed by atoms with Gasteiger partial charge in [0.05, 0.1) is 26.2 Å². The number of nitrogens with zero attached hydrogens (tertiary/aromatic N) is 1. The van der Waals surface area contributed by atoms with Crippen LogP contribution in [0.1, 0.15) is 32.1 Å². The van der Waals surface area contributed by atoms with Gasteiger partial charge in [-0.15, -0.1) is 0 Å². The van der Waals surface area contributed by atoms with Gasteiger partial charge < -0.3 is 24.6 Å². The maximum atomic E-state index is 12.8. The fraction of sp³-hybridized carbons (Fsp3) is 0.619. The standard InChI is InChI=1S/C21H29N3O4/c25-20(22-16-6-2-1-3-7-16)14-23-10-12-24(13-11-23)21(26)19-15-27-17-8-4-5-9-18(17)28-19/h4-5,8-9,16,19H,1-3,6-7,10-15H2,(H,22,25)/p+1/t19-/m0/s1. The number of fused-ring (bicyclic) bond motifs is 1. The van der Waals surface area contributed by atoms with Crippen molar-refractivity contribution in [1.82, 2.24) is 10.2 Å². The Kier molecular flexibility index (Phi) is 6.00. The van der Waals surface area contributed by atoms with Crippen molar-refractivity contribution < 1.29 is 24.0 Å². The van der Waals surface area contributed by atoms with E-state index in [-0.39, 0.29) is 18.4 Å². The Morgan fingerprint density at radius 3 is 2.54 bits per heavy atom. The van der Waals surface area contributed by atoms with Gasteiger partial charge in [-0.3, -0.25) is 9.59 Å². The van der Waals surface area contributed by atoms with Crippen molar-refractivity contribution >= 4 is 11.8 Å². The lowest BCUT2D eigenvalue weighted by Crippen LogP contribution is -3.16. The minimum atomic E-state index is -0.592. The summed E-state index contributed by atoms with van der Waals surface area (Å²) in [6.45, 7) is 3.60. The van der Waals surface area contributed by atoms with E-state index >= 15 is 0 Å². The Balaban J connectivity index is 1.22. The first-order valence-corrected chi connectivity index (χ1v) is 10.5. The van der Waals surface area contributed by atoms with E-state index in [4.69, 9.17) is 9.47 Å². The first kappa shape index (κ1) is 19.1. The number of ether oxygens (including phenoxy) is 2. The number of hydrogen-bond acceptors (Lipinski definition) is 4. The molecule has 0 radical (unpaired) electrons. The summed E-state index contributed by atoms with van der Waals surface area (Å²) in [5.74, 6) is 1.42. The van der Waals surface area contributed by atoms with Crippen LogP contribution in [0.2, 0.25) is 0 Å². The molecule has 1 saturated heterocycles. The highest BCUT2D eigenvalue weighted by Crippen LogP contribution is 2.31. The van der Waals surface area contributed by atoms with Crippen LogP contribution in [0.25, 0.3) is 0 Å². The second kappa shape index (κ2) is 8.82. The SMILES string of the molecule is O=C(C[NH+]1CCN(C(=O)[C@@H]2COc3ccccc3O2)CC1)NC1CCCCC1. The second-order valence-electron chi connectivity index (χ2n) is 8.02. The Morgan fingerprint density at radius 1 is 1.07 bits per heavy atom. The molecule has 1 aromatic carbocycles. The zero-order valence-corrected chi connectivity index (χ0v) is 16.3. The summed E-state index contributed by atoms with van der Waals surface area (Å²) in [5.41, 5.74) is 0. The maximum Gasteiger partial charge on any atom is 0.275 e. The van der Waals surface area contributed by atoms with Crippen molar-refractivity contribution in [3.8, 4) is 11.5 Å². The lowest BCUT2D eigenvalue weighted by Gasteiger charge is -2.35. The molecule has 1 aliphatic carbocycles. The molecule has 0 bridgehead atoms. The van der Waals surface area contributed by atoms with E-state index in [1.54, 1.807) is 0 Å². The quantitative estimate of drug-likeness (QED) is 0.762. The normalized spacial score (nSPS) is 23.3. The van der Waals surface area contributed by atoms with E-state index in [2.05, 4.69) is 5.32 Å². The van der Waals surface area contributed by atoms with Gasteiger partial charge in [0.1, 0.15) is 6.61 Å². The van der Waals surface area contributed by atoms with Gasteiger partial charge in [0.15, 0.2) is 18.0 Å². The van der Waals surface area contributed by atoms with E-state index in [9.17, 15) is 9.59 Å². The van der Waals surface area contributed by atoms with Crippen LogP contribution in [0.4, 0.5) is 0 Å². The molecule has 3 aliphatic rings. The molecule has 1 atom stereocenters. The highest BCUT2D eigenvalue weighted by atomic mass is 16.6. The van der Waals surface area contributed by atoms with Gasteiger partial charge in [-0.05, 0) is 25.0 Å². The highest BCUT2D eigenvalue weighted by Gasteiger charge is 2.34. The summed E-state index contributed by atoms with van der Waals surface area (Å²) in [6, 6.07) is 7.78. The van der Waals surface area contributed by atoms with E-state index in [0.29, 0.717) is 37.2 Å². The largest absolute Gasteiger partial charge is 0.485 e. The van der Waals surface area contributed by atoms with Crippen molar-refractivity contribution in [3.05, 3.63) is 24.3 Å². The maximum absolute atomic E-state index is 12.8. The molecule has 152 valence electrons. The van der Waals surface area contributed by atoms with Gasteiger partial charge in [0, 0.05) is 6.04 Å². The monoisotopic (exact) mass is 388 g/mol. The molecule has 7 nitrogen and oxygen atoms in total. The first-order valence-electron chi connectivity index (χ1n) is 10.5. The number of piperazine rings is 1. The van der Waals surface area contributed by atoms with E-state index in [1.165, 1.54) is 24.2 Å². The molecule has 0 spiro atoms. The summed E-state index contributed by atoms with van der Waals surface area (Å²) < 4.78 is 11.5. The molecule has 0 aromatic heterocycles. The number of carbonyl (C=O) groups is 2. The third-order valence-corrected chi connectivity index (χ3v) is 5.95. The molecule has 2 aliphatic heterocycles. The summed E-state index contributed by atoms with van der Waals surface area (Å²) in [4.78, 5) is 28.2. The zero-order valence-electron chi connectivity index (χ0n) is 16.3. The molecular formula is C21H30N3O4+. The number of carbonyl (C=O) groups excluding carboxylic acids is 2. The highest BCUT2D eigenvalue weighted by molar-refractivity contribution is 5.82. The number of rotatable bonds is 4. The third-order valence-electron chi connectivity index (χ3n) is 5.95. The topological polar surface area (TPSA) is 72.3 Å². The average Bonchev–Trinajstić information content (AvgIpc) is 2.74. The lowest BCUT2D eigenvalue weighted by atomic mass is 9.95. The Bertz CT molecular complexity index is 697. The fourth-order valence-corrected chi connectivity index (χ4v) is 4.32. The van der Waals surface area contributed by atoms with Crippen molar-refractivity contribution in [1.29, 1.82) is 0 Å². The van der Waals surface area contributed by atoms with Crippen molar-refractivity contribution in [2.24, 2.45) is 0 Å². The smallest absolute Gasteiger partial charge is 0.275 e. The molecule has 2 N–H and O–H groups in total. The van der Waals surface area contributed by atoms with Gasteiger partial charge in [0.25, 0.3) is 11.8 Å².